The van der Waals surface area contributed by atoms with E-state index in [0.29, 0.717) is 29.4 Å². The maximum Gasteiger partial charge on any atom is 0.340 e. The van der Waals surface area contributed by atoms with Crippen molar-refractivity contribution >= 4 is 40.8 Å². The number of halogens is 1. The molecule has 0 atom stereocenters. The summed E-state index contributed by atoms with van der Waals surface area (Å²) in [5.74, 6) is -1.33. The van der Waals surface area contributed by atoms with E-state index < -0.39 is 18.5 Å². The minimum absolute atomic E-state index is 0.0732. The smallest absolute Gasteiger partial charge is 0.340 e. The topological polar surface area (TPSA) is 102 Å². The molecule has 2 amide bonds. The van der Waals surface area contributed by atoms with Crippen molar-refractivity contribution in [1.29, 1.82) is 0 Å². The van der Waals surface area contributed by atoms with E-state index in [4.69, 9.17) is 22.1 Å². The number of nitrogens with one attached hydrogen (secondary N) is 1. The molecule has 0 aliphatic rings. The molecule has 7 nitrogen and oxygen atoms in total. The fourth-order valence-corrected chi connectivity index (χ4v) is 2.67. The third-order valence-electron chi connectivity index (χ3n) is 4.04. The maximum atomic E-state index is 12.3. The Morgan fingerprint density at radius 1 is 1.07 bits per heavy atom. The van der Waals surface area contributed by atoms with Gasteiger partial charge in [0.2, 0.25) is 0 Å². The number of carbonyl (C=O) groups excluding carboxylic acids is 3. The van der Waals surface area contributed by atoms with Crippen molar-refractivity contribution in [2.24, 2.45) is 0 Å². The van der Waals surface area contributed by atoms with Crippen LogP contribution in [-0.2, 0) is 9.53 Å². The molecular formula is C20H22ClN3O4. The average molecular weight is 404 g/mol. The fourth-order valence-electron chi connectivity index (χ4n) is 2.50. The van der Waals surface area contributed by atoms with Gasteiger partial charge in [-0.25, -0.2) is 4.79 Å². The highest BCUT2D eigenvalue weighted by Gasteiger charge is 2.15. The molecule has 0 spiro atoms. The highest BCUT2D eigenvalue weighted by atomic mass is 35.5. The van der Waals surface area contributed by atoms with Crippen LogP contribution in [0.1, 0.15) is 34.6 Å². The molecular weight excluding hydrogens is 382 g/mol. The third-order valence-corrected chi connectivity index (χ3v) is 4.27. The standard InChI is InChI=1S/C20H22ClN3O4/c1-3-24(4-2)19(26)13-5-8-15(9-6-13)23-18(25)12-28-20(27)16-11-14(21)7-10-17(16)22/h5-11H,3-4,12,22H2,1-2H3,(H,23,25). The van der Waals surface area contributed by atoms with Crippen LogP contribution in [0.4, 0.5) is 11.4 Å². The van der Waals surface area contributed by atoms with E-state index in [1.807, 2.05) is 13.8 Å². The average Bonchev–Trinajstić information content (AvgIpc) is 2.69. The molecule has 28 heavy (non-hydrogen) atoms. The van der Waals surface area contributed by atoms with Crippen molar-refractivity contribution in [3.8, 4) is 0 Å². The number of nitrogens with zero attached hydrogens (tertiary/aromatic N) is 1. The lowest BCUT2D eigenvalue weighted by molar-refractivity contribution is -0.119. The minimum Gasteiger partial charge on any atom is -0.452 e. The highest BCUT2D eigenvalue weighted by Crippen LogP contribution is 2.19. The van der Waals surface area contributed by atoms with Crippen molar-refractivity contribution in [3.05, 3.63) is 58.6 Å². The summed E-state index contributed by atoms with van der Waals surface area (Å²) in [7, 11) is 0. The van der Waals surface area contributed by atoms with E-state index >= 15 is 0 Å². The Hall–Kier alpha value is -3.06. The number of esters is 1. The summed E-state index contributed by atoms with van der Waals surface area (Å²) in [6.45, 7) is 4.58. The van der Waals surface area contributed by atoms with Gasteiger partial charge in [-0.3, -0.25) is 9.59 Å². The molecule has 0 unspecified atom stereocenters. The van der Waals surface area contributed by atoms with Crippen LogP contribution >= 0.6 is 11.6 Å². The SMILES string of the molecule is CCN(CC)C(=O)c1ccc(NC(=O)COC(=O)c2cc(Cl)ccc2N)cc1. The fraction of sp³-hybridized carbons (Fsp3) is 0.250. The normalized spacial score (nSPS) is 10.2. The Kier molecular flexibility index (Phi) is 7.40. The number of ether oxygens (including phenoxy) is 1. The predicted molar refractivity (Wildman–Crippen MR) is 108 cm³/mol. The Labute approximate surface area is 168 Å². The largest absolute Gasteiger partial charge is 0.452 e. The van der Waals surface area contributed by atoms with Crippen molar-refractivity contribution in [2.75, 3.05) is 30.7 Å². The van der Waals surface area contributed by atoms with Crippen molar-refractivity contribution in [1.82, 2.24) is 4.90 Å². The molecule has 2 aromatic rings. The molecule has 0 aliphatic carbocycles. The summed E-state index contributed by atoms with van der Waals surface area (Å²) in [6, 6.07) is 10.9. The summed E-state index contributed by atoms with van der Waals surface area (Å²) in [6.07, 6.45) is 0. The van der Waals surface area contributed by atoms with Gasteiger partial charge in [0.15, 0.2) is 6.61 Å². The number of carbonyl (C=O) groups is 3. The maximum absolute atomic E-state index is 12.3. The first kappa shape index (κ1) is 21.2. The summed E-state index contributed by atoms with van der Waals surface area (Å²) in [5.41, 5.74) is 7.03. The Morgan fingerprint density at radius 3 is 2.32 bits per heavy atom. The molecule has 148 valence electrons. The summed E-state index contributed by atoms with van der Waals surface area (Å²) >= 11 is 5.83. The van der Waals surface area contributed by atoms with Gasteiger partial charge < -0.3 is 20.7 Å². The van der Waals surface area contributed by atoms with Crippen LogP contribution in [0.3, 0.4) is 0 Å². The molecule has 0 heterocycles. The zero-order chi connectivity index (χ0) is 20.7. The highest BCUT2D eigenvalue weighted by molar-refractivity contribution is 6.31. The van der Waals surface area contributed by atoms with Gasteiger partial charge in [0.1, 0.15) is 0 Å². The summed E-state index contributed by atoms with van der Waals surface area (Å²) < 4.78 is 4.97. The zero-order valence-corrected chi connectivity index (χ0v) is 16.5. The van der Waals surface area contributed by atoms with Crippen LogP contribution in [-0.4, -0.2) is 42.4 Å². The number of nitrogen functional groups attached to an aromatic ring is 1. The monoisotopic (exact) mass is 403 g/mol. The zero-order valence-electron chi connectivity index (χ0n) is 15.7. The van der Waals surface area contributed by atoms with Gasteiger partial charge in [-0.15, -0.1) is 0 Å². The van der Waals surface area contributed by atoms with Crippen LogP contribution in [0.15, 0.2) is 42.5 Å². The van der Waals surface area contributed by atoms with Crippen LogP contribution in [0.5, 0.6) is 0 Å². The second-order valence-electron chi connectivity index (χ2n) is 5.91. The predicted octanol–water partition coefficient (Wildman–Crippen LogP) is 3.20. The molecule has 0 saturated carbocycles. The van der Waals surface area contributed by atoms with Gasteiger partial charge in [-0.1, -0.05) is 11.6 Å². The molecule has 0 radical (unpaired) electrons. The quantitative estimate of drug-likeness (QED) is 0.546. The van der Waals surface area contributed by atoms with Gasteiger partial charge in [-0.2, -0.15) is 0 Å². The van der Waals surface area contributed by atoms with Gasteiger partial charge >= 0.3 is 5.97 Å². The second-order valence-corrected chi connectivity index (χ2v) is 6.35. The van der Waals surface area contributed by atoms with Crippen LogP contribution in [0, 0.1) is 0 Å². The molecule has 2 aromatic carbocycles. The van der Waals surface area contributed by atoms with Crippen molar-refractivity contribution in [3.63, 3.8) is 0 Å². The molecule has 0 aliphatic heterocycles. The molecule has 0 bridgehead atoms. The number of benzene rings is 2. The van der Waals surface area contributed by atoms with E-state index in [1.165, 1.54) is 12.1 Å². The number of nitrogens with two attached hydrogens (primary N) is 1. The van der Waals surface area contributed by atoms with Crippen LogP contribution in [0.2, 0.25) is 5.02 Å². The van der Waals surface area contributed by atoms with Gasteiger partial charge in [-0.05, 0) is 56.3 Å². The van der Waals surface area contributed by atoms with Crippen molar-refractivity contribution in [2.45, 2.75) is 13.8 Å². The second kappa shape index (κ2) is 9.75. The minimum atomic E-state index is -0.740. The summed E-state index contributed by atoms with van der Waals surface area (Å²) in [5, 5.41) is 2.94. The number of hydrogen-bond acceptors (Lipinski definition) is 5. The number of hydrogen-bond donors (Lipinski definition) is 2. The molecule has 3 N–H and O–H groups in total. The molecule has 8 heteroatoms. The molecule has 0 aromatic heterocycles. The number of amides is 2. The Balaban J connectivity index is 1.92. The van der Waals surface area contributed by atoms with E-state index in [0.717, 1.165) is 0 Å². The summed E-state index contributed by atoms with van der Waals surface area (Å²) in [4.78, 5) is 38.0. The van der Waals surface area contributed by atoms with E-state index in [-0.39, 0.29) is 17.2 Å². The van der Waals surface area contributed by atoms with Crippen LogP contribution in [0.25, 0.3) is 0 Å². The van der Waals surface area contributed by atoms with Crippen molar-refractivity contribution < 1.29 is 19.1 Å². The number of rotatable bonds is 7. The van der Waals surface area contributed by atoms with E-state index in [9.17, 15) is 14.4 Å². The lowest BCUT2D eigenvalue weighted by atomic mass is 10.1. The first-order valence-electron chi connectivity index (χ1n) is 8.77. The molecule has 0 saturated heterocycles. The lowest BCUT2D eigenvalue weighted by Crippen LogP contribution is -2.30. The molecule has 0 fully saturated rings. The number of anilines is 2. The van der Waals surface area contributed by atoms with Gasteiger partial charge in [0, 0.05) is 35.1 Å². The Morgan fingerprint density at radius 2 is 1.71 bits per heavy atom. The Bertz CT molecular complexity index is 864. The van der Waals surface area contributed by atoms with Gasteiger partial charge in [0.25, 0.3) is 11.8 Å². The van der Waals surface area contributed by atoms with E-state index in [1.54, 1.807) is 35.2 Å². The third kappa shape index (κ3) is 5.47. The lowest BCUT2D eigenvalue weighted by Gasteiger charge is -2.18. The van der Waals surface area contributed by atoms with Crippen LogP contribution < -0.4 is 11.1 Å². The van der Waals surface area contributed by atoms with Gasteiger partial charge in [0.05, 0.1) is 5.56 Å². The first-order chi connectivity index (χ1) is 13.3. The first-order valence-corrected chi connectivity index (χ1v) is 9.14. The van der Waals surface area contributed by atoms with E-state index in [2.05, 4.69) is 5.32 Å². The molecule has 2 rings (SSSR count).